The van der Waals surface area contributed by atoms with Crippen LogP contribution in [0.15, 0.2) is 12.2 Å². The monoisotopic (exact) mass is 256 g/mol. The number of allylic oxidation sites excluding steroid dienone is 2. The molecule has 0 aliphatic heterocycles. The fourth-order valence-electron chi connectivity index (χ4n) is 2.07. The molecule has 0 aromatic rings. The summed E-state index contributed by atoms with van der Waals surface area (Å²) in [7, 11) is 0. The van der Waals surface area contributed by atoms with Gasteiger partial charge in [0.1, 0.15) is 0 Å². The molecule has 0 amide bonds. The third-order valence-corrected chi connectivity index (χ3v) is 4.08. The van der Waals surface area contributed by atoms with Crippen molar-refractivity contribution in [2.45, 2.75) is 72.5 Å². The van der Waals surface area contributed by atoms with Gasteiger partial charge in [-0.1, -0.05) is 52.7 Å². The molecule has 2 N–H and O–H groups in total. The van der Waals surface area contributed by atoms with Gasteiger partial charge >= 0.3 is 0 Å². The zero-order chi connectivity index (χ0) is 14.1. The summed E-state index contributed by atoms with van der Waals surface area (Å²) in [4.78, 5) is 0. The maximum Gasteiger partial charge on any atom is 0.0621 e. The van der Waals surface area contributed by atoms with Crippen molar-refractivity contribution in [2.24, 2.45) is 17.8 Å². The zero-order valence-electron chi connectivity index (χ0n) is 12.8. The highest BCUT2D eigenvalue weighted by atomic mass is 16.3. The van der Waals surface area contributed by atoms with Gasteiger partial charge in [0.15, 0.2) is 0 Å². The molecule has 0 bridgehead atoms. The number of hydrogen-bond donors (Lipinski definition) is 2. The topological polar surface area (TPSA) is 40.5 Å². The first-order chi connectivity index (χ1) is 8.41. The van der Waals surface area contributed by atoms with Gasteiger partial charge in [0.2, 0.25) is 0 Å². The minimum Gasteiger partial charge on any atom is -0.393 e. The summed E-state index contributed by atoms with van der Waals surface area (Å²) in [6.45, 7) is 10.1. The fraction of sp³-hybridized carbons (Fsp3) is 0.875. The average Bonchev–Trinajstić information content (AvgIpc) is 2.35. The van der Waals surface area contributed by atoms with E-state index in [4.69, 9.17) is 0 Å². The molecule has 5 atom stereocenters. The van der Waals surface area contributed by atoms with Crippen LogP contribution < -0.4 is 0 Å². The molecule has 0 saturated heterocycles. The van der Waals surface area contributed by atoms with E-state index < -0.39 is 12.2 Å². The minimum atomic E-state index is -0.455. The van der Waals surface area contributed by atoms with Crippen LogP contribution in [-0.4, -0.2) is 22.4 Å². The lowest BCUT2D eigenvalue weighted by Crippen LogP contribution is -2.34. The van der Waals surface area contributed by atoms with Crippen molar-refractivity contribution < 1.29 is 10.2 Å². The van der Waals surface area contributed by atoms with Gasteiger partial charge in [-0.15, -0.1) is 0 Å². The number of hydrogen-bond acceptors (Lipinski definition) is 2. The van der Waals surface area contributed by atoms with Crippen LogP contribution >= 0.6 is 0 Å². The Labute approximate surface area is 113 Å². The number of unbranched alkanes of at least 4 members (excludes halogenated alkanes) is 3. The van der Waals surface area contributed by atoms with E-state index in [1.807, 2.05) is 6.92 Å². The normalized spacial score (nSPS) is 20.6. The van der Waals surface area contributed by atoms with E-state index in [2.05, 4.69) is 32.9 Å². The first-order valence-electron chi connectivity index (χ1n) is 7.44. The van der Waals surface area contributed by atoms with Gasteiger partial charge < -0.3 is 10.2 Å². The molecule has 0 heterocycles. The zero-order valence-corrected chi connectivity index (χ0v) is 12.8. The van der Waals surface area contributed by atoms with Gasteiger partial charge in [-0.05, 0) is 31.6 Å². The Balaban J connectivity index is 4.12. The first-order valence-corrected chi connectivity index (χ1v) is 7.44. The van der Waals surface area contributed by atoms with Crippen LogP contribution in [-0.2, 0) is 0 Å². The lowest BCUT2D eigenvalue weighted by Gasteiger charge is -2.29. The first kappa shape index (κ1) is 17.7. The van der Waals surface area contributed by atoms with Crippen molar-refractivity contribution in [3.8, 4) is 0 Å². The summed E-state index contributed by atoms with van der Waals surface area (Å²) in [5.74, 6) is 0.454. The second-order valence-electron chi connectivity index (χ2n) is 5.73. The Kier molecular flexibility index (Phi) is 9.39. The molecule has 0 aromatic carbocycles. The third kappa shape index (κ3) is 6.55. The van der Waals surface area contributed by atoms with Crippen molar-refractivity contribution in [3.05, 3.63) is 12.2 Å². The maximum atomic E-state index is 10.2. The van der Waals surface area contributed by atoms with Crippen molar-refractivity contribution in [2.75, 3.05) is 0 Å². The van der Waals surface area contributed by atoms with E-state index in [1.54, 1.807) is 6.92 Å². The van der Waals surface area contributed by atoms with E-state index in [0.717, 1.165) is 6.42 Å². The number of aliphatic hydroxyl groups is 2. The minimum absolute atomic E-state index is 0.0732. The summed E-state index contributed by atoms with van der Waals surface area (Å²) in [5, 5.41) is 19.7. The van der Waals surface area contributed by atoms with Crippen LogP contribution in [0.5, 0.6) is 0 Å². The summed E-state index contributed by atoms with van der Waals surface area (Å²) in [6.07, 6.45) is 8.46. The maximum absolute atomic E-state index is 10.2. The third-order valence-electron chi connectivity index (χ3n) is 4.08. The molecule has 0 aliphatic rings. The van der Waals surface area contributed by atoms with Crippen LogP contribution in [0.25, 0.3) is 0 Å². The van der Waals surface area contributed by atoms with E-state index in [-0.39, 0.29) is 11.8 Å². The van der Waals surface area contributed by atoms with E-state index >= 15 is 0 Å². The van der Waals surface area contributed by atoms with Crippen molar-refractivity contribution in [1.82, 2.24) is 0 Å². The number of aliphatic hydroxyl groups excluding tert-OH is 2. The quantitative estimate of drug-likeness (QED) is 0.487. The smallest absolute Gasteiger partial charge is 0.0621 e. The molecule has 0 fully saturated rings. The van der Waals surface area contributed by atoms with Gasteiger partial charge in [-0.25, -0.2) is 0 Å². The molecule has 108 valence electrons. The molecule has 2 heteroatoms. The summed E-state index contributed by atoms with van der Waals surface area (Å²) < 4.78 is 0. The van der Waals surface area contributed by atoms with Crippen LogP contribution in [0.4, 0.5) is 0 Å². The average molecular weight is 256 g/mol. The highest BCUT2D eigenvalue weighted by Gasteiger charge is 2.26. The molecular formula is C16H32O2. The predicted molar refractivity (Wildman–Crippen MR) is 78.5 cm³/mol. The molecule has 18 heavy (non-hydrogen) atoms. The van der Waals surface area contributed by atoms with Crippen LogP contribution in [0, 0.1) is 17.8 Å². The second kappa shape index (κ2) is 9.57. The molecule has 5 unspecified atom stereocenters. The SMILES string of the molecule is CCCCCC=CC(C)C(C)C(O)C(C)C(C)O. The predicted octanol–water partition coefficient (Wildman–Crippen LogP) is 3.77. The Morgan fingerprint density at radius 1 is 0.944 bits per heavy atom. The number of rotatable bonds is 9. The standard InChI is InChI=1S/C16H32O2/c1-6-7-8-9-10-11-12(2)13(3)16(18)14(4)15(5)17/h10-18H,6-9H2,1-5H3. The van der Waals surface area contributed by atoms with Crippen LogP contribution in [0.1, 0.15) is 60.3 Å². The van der Waals surface area contributed by atoms with Crippen molar-refractivity contribution in [1.29, 1.82) is 0 Å². The molecule has 0 saturated carbocycles. The molecule has 0 spiro atoms. The summed E-state index contributed by atoms with van der Waals surface area (Å²) in [6, 6.07) is 0. The van der Waals surface area contributed by atoms with Gasteiger partial charge in [0.05, 0.1) is 12.2 Å². The highest BCUT2D eigenvalue weighted by molar-refractivity contribution is 4.91. The second-order valence-corrected chi connectivity index (χ2v) is 5.73. The lowest BCUT2D eigenvalue weighted by atomic mass is 9.82. The molecule has 2 nitrogen and oxygen atoms in total. The largest absolute Gasteiger partial charge is 0.393 e. The summed E-state index contributed by atoms with van der Waals surface area (Å²) in [5.41, 5.74) is 0. The van der Waals surface area contributed by atoms with Gasteiger partial charge in [-0.3, -0.25) is 0 Å². The Morgan fingerprint density at radius 2 is 1.56 bits per heavy atom. The Bertz CT molecular complexity index is 223. The fourth-order valence-corrected chi connectivity index (χ4v) is 2.07. The molecule has 0 radical (unpaired) electrons. The van der Waals surface area contributed by atoms with Gasteiger partial charge in [-0.2, -0.15) is 0 Å². The Hall–Kier alpha value is -0.340. The molecule has 0 aromatic heterocycles. The Morgan fingerprint density at radius 3 is 2.06 bits per heavy atom. The molecule has 0 aliphatic carbocycles. The van der Waals surface area contributed by atoms with Crippen LogP contribution in [0.2, 0.25) is 0 Å². The molecule has 0 rings (SSSR count). The van der Waals surface area contributed by atoms with Gasteiger partial charge in [0, 0.05) is 5.92 Å². The van der Waals surface area contributed by atoms with E-state index in [9.17, 15) is 10.2 Å². The van der Waals surface area contributed by atoms with Gasteiger partial charge in [0.25, 0.3) is 0 Å². The van der Waals surface area contributed by atoms with Crippen molar-refractivity contribution >= 4 is 0 Å². The van der Waals surface area contributed by atoms with Crippen LogP contribution in [0.3, 0.4) is 0 Å². The van der Waals surface area contributed by atoms with E-state index in [0.29, 0.717) is 5.92 Å². The highest BCUT2D eigenvalue weighted by Crippen LogP contribution is 2.24. The van der Waals surface area contributed by atoms with E-state index in [1.165, 1.54) is 19.3 Å². The molecular weight excluding hydrogens is 224 g/mol. The summed E-state index contributed by atoms with van der Waals surface area (Å²) >= 11 is 0. The van der Waals surface area contributed by atoms with Crippen molar-refractivity contribution in [3.63, 3.8) is 0 Å². The lowest BCUT2D eigenvalue weighted by molar-refractivity contribution is -0.00720.